The van der Waals surface area contributed by atoms with Gasteiger partial charge in [-0.1, -0.05) is 93.0 Å². The van der Waals surface area contributed by atoms with Crippen molar-refractivity contribution in [1.82, 2.24) is 0 Å². The highest BCUT2D eigenvalue weighted by atomic mass is 79.9. The molecule has 0 aromatic heterocycles. The van der Waals surface area contributed by atoms with E-state index >= 15 is 0 Å². The van der Waals surface area contributed by atoms with Gasteiger partial charge in [-0.25, -0.2) is 0 Å². The molecule has 0 N–H and O–H groups in total. The number of esters is 1. The van der Waals surface area contributed by atoms with E-state index < -0.39 is 0 Å². The minimum atomic E-state index is -0.117. The monoisotopic (exact) mass is 400 g/mol. The molecule has 0 aromatic carbocycles. The lowest BCUT2D eigenvalue weighted by molar-refractivity contribution is -0.140. The highest BCUT2D eigenvalue weighted by Gasteiger charge is 2.02. The number of halogens is 1. The Kier molecular flexibility index (Phi) is 18.5. The largest absolute Gasteiger partial charge is 0.469 e. The molecule has 0 saturated heterocycles. The number of carbonyl (C=O) groups excluding carboxylic acids is 1. The summed E-state index contributed by atoms with van der Waals surface area (Å²) in [5.74, 6) is 6.43. The van der Waals surface area contributed by atoms with Crippen LogP contribution in [0.15, 0.2) is 0 Å². The van der Waals surface area contributed by atoms with Crippen LogP contribution in [0.4, 0.5) is 0 Å². The Labute approximate surface area is 158 Å². The van der Waals surface area contributed by atoms with Gasteiger partial charge in [0.1, 0.15) is 0 Å². The van der Waals surface area contributed by atoms with E-state index in [-0.39, 0.29) is 10.8 Å². The molecule has 1 atom stereocenters. The number of rotatable bonds is 15. The van der Waals surface area contributed by atoms with Gasteiger partial charge >= 0.3 is 5.97 Å². The summed E-state index contributed by atoms with van der Waals surface area (Å²) in [7, 11) is 1.44. The molecule has 0 aromatic rings. The maximum atomic E-state index is 11.0. The Hall–Kier alpha value is -0.490. The first-order valence-corrected chi connectivity index (χ1v) is 10.8. The lowest BCUT2D eigenvalue weighted by atomic mass is 10.1. The molecule has 0 aliphatic rings. The number of carbonyl (C=O) groups is 1. The first kappa shape index (κ1) is 23.5. The molecule has 2 nitrogen and oxygen atoms in total. The third kappa shape index (κ3) is 17.9. The molecular formula is C21H37BrO2. The van der Waals surface area contributed by atoms with Crippen molar-refractivity contribution >= 4 is 21.9 Å². The molecule has 24 heavy (non-hydrogen) atoms. The fourth-order valence-electron chi connectivity index (χ4n) is 2.65. The zero-order chi connectivity index (χ0) is 17.9. The third-order valence-corrected chi connectivity index (χ3v) is 4.92. The number of hydrogen-bond acceptors (Lipinski definition) is 2. The smallest absolute Gasteiger partial charge is 0.305 e. The molecule has 0 saturated carbocycles. The molecule has 0 spiro atoms. The molecule has 0 aliphatic carbocycles. The first-order valence-electron chi connectivity index (χ1n) is 9.90. The molecule has 0 amide bonds. The zero-order valence-electron chi connectivity index (χ0n) is 15.9. The van der Waals surface area contributed by atoms with Crippen LogP contribution in [0, 0.1) is 11.8 Å². The van der Waals surface area contributed by atoms with Crippen LogP contribution < -0.4 is 0 Å². The normalized spacial score (nSPS) is 11.6. The van der Waals surface area contributed by atoms with E-state index in [1.165, 1.54) is 71.3 Å². The Morgan fingerprint density at radius 3 is 2.08 bits per heavy atom. The van der Waals surface area contributed by atoms with E-state index in [1.54, 1.807) is 0 Å². The second-order valence-corrected chi connectivity index (χ2v) is 7.65. The van der Waals surface area contributed by atoms with Crippen LogP contribution in [0.2, 0.25) is 0 Å². The molecule has 0 aliphatic heterocycles. The van der Waals surface area contributed by atoms with Crippen molar-refractivity contribution in [2.75, 3.05) is 7.11 Å². The topological polar surface area (TPSA) is 26.3 Å². The third-order valence-electron chi connectivity index (χ3n) is 4.23. The van der Waals surface area contributed by atoms with Gasteiger partial charge in [-0.2, -0.15) is 0 Å². The Morgan fingerprint density at radius 2 is 1.50 bits per heavy atom. The molecule has 3 heteroatoms. The minimum Gasteiger partial charge on any atom is -0.469 e. The highest BCUT2D eigenvalue weighted by molar-refractivity contribution is 9.09. The SMILES string of the molecule is CCCCCCCCCCCCC#CC(Br)CCCCC(=O)OC. The van der Waals surface area contributed by atoms with Gasteiger partial charge in [0.25, 0.3) is 0 Å². The number of ether oxygens (including phenoxy) is 1. The minimum absolute atomic E-state index is 0.117. The summed E-state index contributed by atoms with van der Waals surface area (Å²) in [5.41, 5.74) is 0. The molecule has 140 valence electrons. The second-order valence-electron chi connectivity index (χ2n) is 6.54. The van der Waals surface area contributed by atoms with Crippen molar-refractivity contribution in [3.05, 3.63) is 0 Å². The van der Waals surface area contributed by atoms with E-state index in [0.717, 1.165) is 25.7 Å². The van der Waals surface area contributed by atoms with Crippen LogP contribution in [0.3, 0.4) is 0 Å². The van der Waals surface area contributed by atoms with E-state index in [0.29, 0.717) is 6.42 Å². The summed E-state index contributed by atoms with van der Waals surface area (Å²) in [6.07, 6.45) is 18.1. The maximum Gasteiger partial charge on any atom is 0.305 e. The molecule has 1 unspecified atom stereocenters. The summed E-state index contributed by atoms with van der Waals surface area (Å²) in [6, 6.07) is 0. The molecule has 0 fully saturated rings. The lowest BCUT2D eigenvalue weighted by Crippen LogP contribution is -2.00. The van der Waals surface area contributed by atoms with Crippen molar-refractivity contribution < 1.29 is 9.53 Å². The van der Waals surface area contributed by atoms with Crippen molar-refractivity contribution in [2.45, 2.75) is 108 Å². The van der Waals surface area contributed by atoms with Gasteiger partial charge in [-0.05, 0) is 19.3 Å². The van der Waals surface area contributed by atoms with Crippen molar-refractivity contribution in [2.24, 2.45) is 0 Å². The van der Waals surface area contributed by atoms with Gasteiger partial charge < -0.3 is 4.74 Å². The van der Waals surface area contributed by atoms with Crippen LogP contribution in [0.25, 0.3) is 0 Å². The predicted molar refractivity (Wildman–Crippen MR) is 107 cm³/mol. The van der Waals surface area contributed by atoms with Gasteiger partial charge in [-0.15, -0.1) is 5.92 Å². The number of methoxy groups -OCH3 is 1. The summed E-state index contributed by atoms with van der Waals surface area (Å²) in [5, 5.41) is 0. The van der Waals surface area contributed by atoms with E-state index in [9.17, 15) is 4.79 Å². The molecule has 0 heterocycles. The van der Waals surface area contributed by atoms with Gasteiger partial charge in [0.05, 0.1) is 11.9 Å². The van der Waals surface area contributed by atoms with Gasteiger partial charge in [0, 0.05) is 12.8 Å². The quantitative estimate of drug-likeness (QED) is 0.131. The van der Waals surface area contributed by atoms with Crippen molar-refractivity contribution in [3.63, 3.8) is 0 Å². The van der Waals surface area contributed by atoms with Gasteiger partial charge in [0.15, 0.2) is 0 Å². The Balaban J connectivity index is 3.33. The van der Waals surface area contributed by atoms with Crippen LogP contribution >= 0.6 is 15.9 Å². The summed E-state index contributed by atoms with van der Waals surface area (Å²) in [4.78, 5) is 11.3. The first-order chi connectivity index (χ1) is 11.7. The second kappa shape index (κ2) is 18.8. The van der Waals surface area contributed by atoms with Crippen LogP contribution in [-0.2, 0) is 9.53 Å². The number of hydrogen-bond donors (Lipinski definition) is 0. The molecule has 0 radical (unpaired) electrons. The van der Waals surface area contributed by atoms with Gasteiger partial charge in [-0.3, -0.25) is 4.79 Å². The van der Waals surface area contributed by atoms with Crippen LogP contribution in [0.1, 0.15) is 103 Å². The Morgan fingerprint density at radius 1 is 0.917 bits per heavy atom. The summed E-state index contributed by atoms with van der Waals surface area (Å²) < 4.78 is 4.63. The Bertz CT molecular complexity index is 343. The van der Waals surface area contributed by atoms with Gasteiger partial charge in [0.2, 0.25) is 0 Å². The predicted octanol–water partition coefficient (Wildman–Crippen LogP) is 6.80. The molecular weight excluding hydrogens is 364 g/mol. The average Bonchev–Trinajstić information content (AvgIpc) is 2.59. The summed E-state index contributed by atoms with van der Waals surface area (Å²) in [6.45, 7) is 2.27. The molecule has 0 rings (SSSR count). The maximum absolute atomic E-state index is 11.0. The average molecular weight is 401 g/mol. The van der Waals surface area contributed by atoms with E-state index in [2.05, 4.69) is 39.4 Å². The number of unbranched alkanes of at least 4 members (excludes halogenated alkanes) is 11. The standard InChI is InChI=1S/C21H37BrO2/c1-3-4-5-6-7-8-9-10-11-12-13-14-17-20(22)18-15-16-19-21(23)24-2/h20H,3-13,15-16,18-19H2,1-2H3. The highest BCUT2D eigenvalue weighted by Crippen LogP contribution is 2.12. The zero-order valence-corrected chi connectivity index (χ0v) is 17.5. The van der Waals surface area contributed by atoms with Crippen LogP contribution in [0.5, 0.6) is 0 Å². The van der Waals surface area contributed by atoms with E-state index in [1.807, 2.05) is 0 Å². The fourth-order valence-corrected chi connectivity index (χ4v) is 3.14. The lowest BCUT2D eigenvalue weighted by Gasteiger charge is -2.02. The van der Waals surface area contributed by atoms with Crippen molar-refractivity contribution in [1.29, 1.82) is 0 Å². The van der Waals surface area contributed by atoms with Crippen LogP contribution in [-0.4, -0.2) is 17.9 Å². The fraction of sp³-hybridized carbons (Fsp3) is 0.857. The van der Waals surface area contributed by atoms with Crippen molar-refractivity contribution in [3.8, 4) is 11.8 Å². The molecule has 0 bridgehead atoms. The van der Waals surface area contributed by atoms with E-state index in [4.69, 9.17) is 0 Å². The summed E-state index contributed by atoms with van der Waals surface area (Å²) >= 11 is 3.60. The number of alkyl halides is 1.